The summed E-state index contributed by atoms with van der Waals surface area (Å²) in [7, 11) is 0. The van der Waals surface area contributed by atoms with Gasteiger partial charge in [-0.2, -0.15) is 0 Å². The van der Waals surface area contributed by atoms with E-state index in [9.17, 15) is 0 Å². The molecule has 0 unspecified atom stereocenters. The standard InChI is InChI=1S/C40H25N5/c1-4-11-27(12-5-1)36-37-32-24-23-31(25-33(32)34-17-10-18-35(41-36)45(34)37)26-19-21-30(22-20-26)40-43-38(28-13-6-2-7-14-28)42-39(44-40)29-15-8-3-9-16-29/h1-25H. The third-order valence-corrected chi connectivity index (χ3v) is 8.42. The maximum Gasteiger partial charge on any atom is 0.164 e. The van der Waals surface area contributed by atoms with Crippen LogP contribution in [0.3, 0.4) is 0 Å². The van der Waals surface area contributed by atoms with Gasteiger partial charge in [0.25, 0.3) is 0 Å². The van der Waals surface area contributed by atoms with Gasteiger partial charge in [0, 0.05) is 33.0 Å². The van der Waals surface area contributed by atoms with Crippen molar-refractivity contribution in [3.8, 4) is 56.5 Å². The van der Waals surface area contributed by atoms with Gasteiger partial charge in [-0.3, -0.25) is 4.40 Å². The molecule has 0 amide bonds. The lowest BCUT2D eigenvalue weighted by molar-refractivity contribution is 1.07. The van der Waals surface area contributed by atoms with Crippen molar-refractivity contribution in [2.24, 2.45) is 0 Å². The highest BCUT2D eigenvalue weighted by Crippen LogP contribution is 2.39. The van der Waals surface area contributed by atoms with Crippen LogP contribution in [-0.2, 0) is 0 Å². The topological polar surface area (TPSA) is 56.0 Å². The van der Waals surface area contributed by atoms with Gasteiger partial charge < -0.3 is 0 Å². The SMILES string of the molecule is c1ccc(-c2nc(-c3ccccc3)nc(-c3ccc(-c4ccc5c(c4)c4cccc6nc(-c7ccccc7)c5n64)cc3)n2)cc1. The van der Waals surface area contributed by atoms with Crippen molar-refractivity contribution in [3.05, 3.63) is 152 Å². The predicted molar refractivity (Wildman–Crippen MR) is 182 cm³/mol. The minimum absolute atomic E-state index is 0.648. The van der Waals surface area contributed by atoms with Crippen molar-refractivity contribution in [2.75, 3.05) is 0 Å². The first-order valence-corrected chi connectivity index (χ1v) is 15.0. The Labute approximate surface area is 259 Å². The lowest BCUT2D eigenvalue weighted by Gasteiger charge is -2.09. The molecule has 0 radical (unpaired) electrons. The summed E-state index contributed by atoms with van der Waals surface area (Å²) in [5.41, 5.74) is 10.6. The first-order chi connectivity index (χ1) is 22.3. The van der Waals surface area contributed by atoms with Gasteiger partial charge >= 0.3 is 0 Å². The van der Waals surface area contributed by atoms with Crippen molar-refractivity contribution in [2.45, 2.75) is 0 Å². The molecule has 4 aromatic heterocycles. The van der Waals surface area contributed by atoms with E-state index >= 15 is 0 Å². The zero-order valence-electron chi connectivity index (χ0n) is 24.2. The van der Waals surface area contributed by atoms with Crippen LogP contribution < -0.4 is 0 Å². The van der Waals surface area contributed by atoms with E-state index in [1.165, 1.54) is 10.8 Å². The molecule has 0 atom stereocenters. The normalized spacial score (nSPS) is 11.6. The summed E-state index contributed by atoms with van der Waals surface area (Å²) in [6.07, 6.45) is 0. The van der Waals surface area contributed by atoms with Gasteiger partial charge in [-0.1, -0.05) is 133 Å². The van der Waals surface area contributed by atoms with Crippen LogP contribution in [-0.4, -0.2) is 24.3 Å². The first-order valence-electron chi connectivity index (χ1n) is 15.0. The molecular formula is C40H25N5. The second-order valence-corrected chi connectivity index (χ2v) is 11.2. The van der Waals surface area contributed by atoms with Crippen molar-refractivity contribution in [1.82, 2.24) is 24.3 Å². The highest BCUT2D eigenvalue weighted by molar-refractivity contribution is 6.14. The van der Waals surface area contributed by atoms with Gasteiger partial charge in [-0.25, -0.2) is 19.9 Å². The van der Waals surface area contributed by atoms with Gasteiger partial charge in [0.05, 0.1) is 16.7 Å². The number of imidazole rings is 1. The molecule has 4 heterocycles. The number of pyridine rings is 1. The molecule has 0 spiro atoms. The van der Waals surface area contributed by atoms with Crippen LogP contribution in [0.2, 0.25) is 0 Å². The van der Waals surface area contributed by atoms with Gasteiger partial charge in [-0.15, -0.1) is 0 Å². The van der Waals surface area contributed by atoms with Gasteiger partial charge in [0.15, 0.2) is 17.5 Å². The zero-order chi connectivity index (χ0) is 29.7. The van der Waals surface area contributed by atoms with Crippen LogP contribution in [0.25, 0.3) is 84.0 Å². The van der Waals surface area contributed by atoms with E-state index in [0.717, 1.165) is 55.8 Å². The van der Waals surface area contributed by atoms with E-state index in [1.807, 2.05) is 66.7 Å². The summed E-state index contributed by atoms with van der Waals surface area (Å²) in [4.78, 5) is 19.6. The predicted octanol–water partition coefficient (Wildman–Crippen LogP) is 9.60. The fourth-order valence-electron chi connectivity index (χ4n) is 6.24. The number of nitrogens with zero attached hydrogens (tertiary/aromatic N) is 5. The van der Waals surface area contributed by atoms with Crippen LogP contribution in [0.5, 0.6) is 0 Å². The van der Waals surface area contributed by atoms with Gasteiger partial charge in [-0.05, 0) is 29.3 Å². The highest BCUT2D eigenvalue weighted by atomic mass is 15.0. The Bertz CT molecular complexity index is 2390. The molecule has 5 nitrogen and oxygen atoms in total. The molecule has 45 heavy (non-hydrogen) atoms. The van der Waals surface area contributed by atoms with Crippen molar-refractivity contribution in [3.63, 3.8) is 0 Å². The smallest absolute Gasteiger partial charge is 0.164 e. The Morgan fingerprint density at radius 3 is 1.47 bits per heavy atom. The molecule has 0 bridgehead atoms. The van der Waals surface area contributed by atoms with Crippen LogP contribution in [0.1, 0.15) is 0 Å². The molecular weight excluding hydrogens is 550 g/mol. The average molecular weight is 576 g/mol. The summed E-state index contributed by atoms with van der Waals surface area (Å²) >= 11 is 0. The molecule has 0 N–H and O–H groups in total. The minimum Gasteiger partial charge on any atom is -0.292 e. The van der Waals surface area contributed by atoms with Crippen molar-refractivity contribution >= 4 is 27.5 Å². The van der Waals surface area contributed by atoms with Gasteiger partial charge in [0.1, 0.15) is 5.65 Å². The van der Waals surface area contributed by atoms with E-state index in [2.05, 4.69) is 89.3 Å². The molecule has 210 valence electrons. The molecule has 0 aliphatic carbocycles. The molecule has 0 fully saturated rings. The quantitative estimate of drug-likeness (QED) is 0.205. The molecule has 0 aliphatic rings. The number of fused-ring (bicyclic) bond motifs is 3. The Kier molecular flexibility index (Phi) is 5.74. The van der Waals surface area contributed by atoms with Crippen LogP contribution in [0, 0.1) is 0 Å². The van der Waals surface area contributed by atoms with Crippen LogP contribution >= 0.6 is 0 Å². The van der Waals surface area contributed by atoms with Crippen LogP contribution in [0.4, 0.5) is 0 Å². The van der Waals surface area contributed by atoms with Gasteiger partial charge in [0.2, 0.25) is 0 Å². The van der Waals surface area contributed by atoms with Crippen LogP contribution in [0.15, 0.2) is 152 Å². The Balaban J connectivity index is 1.14. The maximum atomic E-state index is 5.01. The fourth-order valence-corrected chi connectivity index (χ4v) is 6.24. The Hall–Kier alpha value is -6.20. The molecule has 0 saturated heterocycles. The minimum atomic E-state index is 0.648. The number of benzene rings is 5. The Morgan fingerprint density at radius 1 is 0.356 bits per heavy atom. The highest BCUT2D eigenvalue weighted by Gasteiger charge is 2.19. The molecule has 0 aliphatic heterocycles. The van der Waals surface area contributed by atoms with Crippen molar-refractivity contribution < 1.29 is 0 Å². The number of rotatable bonds is 5. The second-order valence-electron chi connectivity index (χ2n) is 11.2. The largest absolute Gasteiger partial charge is 0.292 e. The molecule has 0 saturated carbocycles. The summed E-state index contributed by atoms with van der Waals surface area (Å²) < 4.78 is 2.29. The monoisotopic (exact) mass is 575 g/mol. The lowest BCUT2D eigenvalue weighted by atomic mass is 10.00. The third-order valence-electron chi connectivity index (χ3n) is 8.42. The number of hydrogen-bond donors (Lipinski definition) is 0. The summed E-state index contributed by atoms with van der Waals surface area (Å²) in [5.74, 6) is 1.96. The second kappa shape index (κ2) is 10.2. The third kappa shape index (κ3) is 4.25. The Morgan fingerprint density at radius 2 is 0.867 bits per heavy atom. The van der Waals surface area contributed by atoms with E-state index in [4.69, 9.17) is 19.9 Å². The lowest BCUT2D eigenvalue weighted by Crippen LogP contribution is -2.00. The maximum absolute atomic E-state index is 5.01. The van der Waals surface area contributed by atoms with Crippen molar-refractivity contribution in [1.29, 1.82) is 0 Å². The molecule has 5 aromatic carbocycles. The van der Waals surface area contributed by atoms with E-state index in [1.54, 1.807) is 0 Å². The summed E-state index contributed by atoms with van der Waals surface area (Å²) in [6, 6.07) is 52.2. The fraction of sp³-hybridized carbons (Fsp3) is 0. The van der Waals surface area contributed by atoms with E-state index in [-0.39, 0.29) is 0 Å². The summed E-state index contributed by atoms with van der Waals surface area (Å²) in [5, 5.41) is 2.42. The molecule has 5 heteroatoms. The molecule has 9 aromatic rings. The number of hydrogen-bond acceptors (Lipinski definition) is 4. The van der Waals surface area contributed by atoms with E-state index < -0.39 is 0 Å². The average Bonchev–Trinajstić information content (AvgIpc) is 3.68. The first kappa shape index (κ1) is 25.3. The molecule has 9 rings (SSSR count). The van der Waals surface area contributed by atoms with E-state index in [0.29, 0.717) is 17.5 Å². The number of aromatic nitrogens is 5. The summed E-state index contributed by atoms with van der Waals surface area (Å²) in [6.45, 7) is 0. The zero-order valence-corrected chi connectivity index (χ0v) is 24.2.